The van der Waals surface area contributed by atoms with Gasteiger partial charge in [-0.1, -0.05) is 0 Å². The maximum atomic E-state index is 12.6. The molecule has 1 aromatic carbocycles. The highest BCUT2D eigenvalue weighted by atomic mass is 32.2. The van der Waals surface area contributed by atoms with E-state index >= 15 is 0 Å². The summed E-state index contributed by atoms with van der Waals surface area (Å²) in [5, 5.41) is 11.5. The minimum absolute atomic E-state index is 0.00619. The number of hydrogen-bond acceptors (Lipinski definition) is 5. The van der Waals surface area contributed by atoms with Gasteiger partial charge < -0.3 is 10.2 Å². The van der Waals surface area contributed by atoms with E-state index in [1.165, 1.54) is 24.3 Å². The van der Waals surface area contributed by atoms with Gasteiger partial charge in [-0.25, -0.2) is 8.42 Å². The summed E-state index contributed by atoms with van der Waals surface area (Å²) >= 11 is 0. The summed E-state index contributed by atoms with van der Waals surface area (Å²) < 4.78 is 26.3. The van der Waals surface area contributed by atoms with Crippen LogP contribution in [-0.2, 0) is 14.8 Å². The Morgan fingerprint density at radius 3 is 2.38 bits per heavy atom. The van der Waals surface area contributed by atoms with Crippen LogP contribution in [0.5, 0.6) is 0 Å². The second kappa shape index (κ2) is 7.43. The molecule has 2 aliphatic heterocycles. The van der Waals surface area contributed by atoms with Crippen LogP contribution < -0.4 is 5.32 Å². The number of piperazine rings is 1. The van der Waals surface area contributed by atoms with Crippen molar-refractivity contribution in [3.63, 3.8) is 0 Å². The fourth-order valence-corrected chi connectivity index (χ4v) is 4.53. The average Bonchev–Trinajstić information content (AvgIpc) is 2.67. The molecule has 0 aliphatic carbocycles. The van der Waals surface area contributed by atoms with Gasteiger partial charge in [0.05, 0.1) is 17.5 Å². The van der Waals surface area contributed by atoms with Crippen LogP contribution in [0.25, 0.3) is 0 Å². The molecule has 2 aliphatic rings. The molecular formula is C17H20N4O4S. The summed E-state index contributed by atoms with van der Waals surface area (Å²) in [6.07, 6.45) is 1.32. The van der Waals surface area contributed by atoms with Gasteiger partial charge >= 0.3 is 0 Å². The number of likely N-dealkylation sites (tertiary alicyclic amines) is 1. The molecular weight excluding hydrogens is 356 g/mol. The summed E-state index contributed by atoms with van der Waals surface area (Å²) in [4.78, 5) is 25.7. The lowest BCUT2D eigenvalue weighted by Crippen LogP contribution is -2.49. The van der Waals surface area contributed by atoms with Crippen molar-refractivity contribution in [2.24, 2.45) is 5.92 Å². The van der Waals surface area contributed by atoms with Crippen LogP contribution >= 0.6 is 0 Å². The minimum Gasteiger partial charge on any atom is -0.354 e. The standard InChI is InChI=1S/C17H20N4O4S/c18-11-13-5-8-20(9-6-13)17(23)14-1-3-15(4-2-14)26(24,25)21-10-7-19-16(22)12-21/h1-4,13H,5-10,12H2,(H,19,22). The normalized spacial score (nSPS) is 19.7. The SMILES string of the molecule is N#CC1CCN(C(=O)c2ccc(S(=O)(=O)N3CCNC(=O)C3)cc2)CC1. The largest absolute Gasteiger partial charge is 0.354 e. The Labute approximate surface area is 152 Å². The average molecular weight is 376 g/mol. The van der Waals surface area contributed by atoms with E-state index in [9.17, 15) is 18.0 Å². The zero-order chi connectivity index (χ0) is 18.7. The van der Waals surface area contributed by atoms with E-state index in [2.05, 4.69) is 11.4 Å². The minimum atomic E-state index is -3.76. The molecule has 0 saturated carbocycles. The van der Waals surface area contributed by atoms with Crippen LogP contribution in [-0.4, -0.2) is 62.2 Å². The molecule has 2 saturated heterocycles. The van der Waals surface area contributed by atoms with Gasteiger partial charge in [0.15, 0.2) is 0 Å². The van der Waals surface area contributed by atoms with Gasteiger partial charge in [0.25, 0.3) is 5.91 Å². The van der Waals surface area contributed by atoms with Crippen LogP contribution in [0.1, 0.15) is 23.2 Å². The lowest BCUT2D eigenvalue weighted by Gasteiger charge is -2.29. The van der Waals surface area contributed by atoms with E-state index in [0.717, 1.165) is 4.31 Å². The van der Waals surface area contributed by atoms with Gasteiger partial charge in [-0.2, -0.15) is 9.57 Å². The zero-order valence-corrected chi connectivity index (χ0v) is 15.0. The van der Waals surface area contributed by atoms with E-state index < -0.39 is 10.0 Å². The first-order valence-electron chi connectivity index (χ1n) is 8.47. The molecule has 1 N–H and O–H groups in total. The molecule has 3 rings (SSSR count). The molecule has 0 spiro atoms. The van der Waals surface area contributed by atoms with Crippen LogP contribution in [0.2, 0.25) is 0 Å². The maximum absolute atomic E-state index is 12.6. The Kier molecular flexibility index (Phi) is 5.25. The Morgan fingerprint density at radius 1 is 1.15 bits per heavy atom. The highest BCUT2D eigenvalue weighted by molar-refractivity contribution is 7.89. The molecule has 9 heteroatoms. The summed E-state index contributed by atoms with van der Waals surface area (Å²) in [5.41, 5.74) is 0.413. The number of carbonyl (C=O) groups is 2. The Hall–Kier alpha value is -2.44. The number of carbonyl (C=O) groups excluding carboxylic acids is 2. The number of sulfonamides is 1. The van der Waals surface area contributed by atoms with Crippen LogP contribution in [0, 0.1) is 17.2 Å². The van der Waals surface area contributed by atoms with Gasteiger partial charge in [-0.15, -0.1) is 0 Å². The second-order valence-corrected chi connectivity index (χ2v) is 8.35. The molecule has 0 atom stereocenters. The topological polar surface area (TPSA) is 111 Å². The fraction of sp³-hybridized carbons (Fsp3) is 0.471. The molecule has 26 heavy (non-hydrogen) atoms. The number of piperidine rings is 1. The number of nitriles is 1. The number of benzene rings is 1. The van der Waals surface area contributed by atoms with Crippen molar-refractivity contribution >= 4 is 21.8 Å². The lowest BCUT2D eigenvalue weighted by molar-refractivity contribution is -0.122. The van der Waals surface area contributed by atoms with Gasteiger partial charge in [-0.05, 0) is 37.1 Å². The van der Waals surface area contributed by atoms with Gasteiger partial charge in [-0.3, -0.25) is 9.59 Å². The predicted octanol–water partition coefficient (Wildman–Crippen LogP) is 0.183. The first-order chi connectivity index (χ1) is 12.4. The van der Waals surface area contributed by atoms with Gasteiger partial charge in [0, 0.05) is 37.7 Å². The summed E-state index contributed by atoms with van der Waals surface area (Å²) in [6, 6.07) is 8.01. The van der Waals surface area contributed by atoms with Crippen molar-refractivity contribution in [3.8, 4) is 6.07 Å². The van der Waals surface area contributed by atoms with Crippen molar-refractivity contribution in [2.45, 2.75) is 17.7 Å². The van der Waals surface area contributed by atoms with Crippen LogP contribution in [0.3, 0.4) is 0 Å². The Morgan fingerprint density at radius 2 is 1.81 bits per heavy atom. The molecule has 8 nitrogen and oxygen atoms in total. The highest BCUT2D eigenvalue weighted by Crippen LogP contribution is 2.21. The van der Waals surface area contributed by atoms with E-state index in [-0.39, 0.29) is 42.3 Å². The first-order valence-corrected chi connectivity index (χ1v) is 9.91. The summed E-state index contributed by atoms with van der Waals surface area (Å²) in [5.74, 6) is -0.497. The third-order valence-electron chi connectivity index (χ3n) is 4.71. The quantitative estimate of drug-likeness (QED) is 0.809. The smallest absolute Gasteiger partial charge is 0.253 e. The van der Waals surface area contributed by atoms with Crippen LogP contribution in [0.15, 0.2) is 29.2 Å². The van der Waals surface area contributed by atoms with Gasteiger partial charge in [0.1, 0.15) is 0 Å². The van der Waals surface area contributed by atoms with Gasteiger partial charge in [0.2, 0.25) is 15.9 Å². The number of rotatable bonds is 3. The molecule has 0 unspecified atom stereocenters. The van der Waals surface area contributed by atoms with Crippen molar-refractivity contribution in [3.05, 3.63) is 29.8 Å². The number of hydrogen-bond donors (Lipinski definition) is 1. The number of nitrogens with zero attached hydrogens (tertiary/aromatic N) is 3. The molecule has 0 radical (unpaired) electrons. The third kappa shape index (κ3) is 3.71. The van der Waals surface area contributed by atoms with E-state index in [1.807, 2.05) is 0 Å². The van der Waals surface area contributed by atoms with Crippen molar-refractivity contribution in [1.82, 2.24) is 14.5 Å². The molecule has 138 valence electrons. The van der Waals surface area contributed by atoms with E-state index in [4.69, 9.17) is 5.26 Å². The molecule has 2 amide bonds. The fourth-order valence-electron chi connectivity index (χ4n) is 3.13. The summed E-state index contributed by atoms with van der Waals surface area (Å²) in [6.45, 7) is 1.37. The predicted molar refractivity (Wildman–Crippen MR) is 92.5 cm³/mol. The van der Waals surface area contributed by atoms with Crippen molar-refractivity contribution in [2.75, 3.05) is 32.7 Å². The first kappa shape index (κ1) is 18.4. The molecule has 1 aromatic rings. The van der Waals surface area contributed by atoms with E-state index in [1.54, 1.807) is 4.90 Å². The Balaban J connectivity index is 1.71. The highest BCUT2D eigenvalue weighted by Gasteiger charge is 2.29. The zero-order valence-electron chi connectivity index (χ0n) is 14.2. The molecule has 2 heterocycles. The molecule has 0 bridgehead atoms. The number of amides is 2. The monoisotopic (exact) mass is 376 g/mol. The second-order valence-electron chi connectivity index (χ2n) is 6.41. The molecule has 2 fully saturated rings. The maximum Gasteiger partial charge on any atom is 0.253 e. The number of nitrogens with one attached hydrogen (secondary N) is 1. The Bertz CT molecular complexity index is 837. The molecule has 0 aromatic heterocycles. The lowest BCUT2D eigenvalue weighted by atomic mass is 9.98. The van der Waals surface area contributed by atoms with Crippen molar-refractivity contribution < 1.29 is 18.0 Å². The van der Waals surface area contributed by atoms with E-state index in [0.29, 0.717) is 31.5 Å². The van der Waals surface area contributed by atoms with Crippen molar-refractivity contribution in [1.29, 1.82) is 5.26 Å². The third-order valence-corrected chi connectivity index (χ3v) is 6.57. The van der Waals surface area contributed by atoms with Crippen LogP contribution in [0.4, 0.5) is 0 Å². The summed E-state index contributed by atoms with van der Waals surface area (Å²) in [7, 11) is -3.76.